The summed E-state index contributed by atoms with van der Waals surface area (Å²) in [6, 6.07) is 11.7. The van der Waals surface area contributed by atoms with Crippen molar-refractivity contribution in [2.75, 3.05) is 18.4 Å². The fraction of sp³-hybridized carbons (Fsp3) is 0.217. The van der Waals surface area contributed by atoms with Gasteiger partial charge in [0, 0.05) is 43.8 Å². The predicted molar refractivity (Wildman–Crippen MR) is 122 cm³/mol. The summed E-state index contributed by atoms with van der Waals surface area (Å²) in [4.78, 5) is 10.9. The molecular weight excluding hydrogens is 420 g/mol. The number of aliphatic hydroxyl groups is 1. The SMILES string of the molecule is Cc1cc(Nc2ncnn3ccc(CN4CC(O)C4)c23)ccc1Oc1ccn2ncnc2c1. The molecular formula is C23H22N8O2. The zero-order chi connectivity index (χ0) is 22.4. The van der Waals surface area contributed by atoms with E-state index in [1.807, 2.05) is 60.2 Å². The van der Waals surface area contributed by atoms with Crippen molar-refractivity contribution in [2.24, 2.45) is 0 Å². The number of likely N-dealkylation sites (tertiary alicyclic amines) is 1. The second-order valence-electron chi connectivity index (χ2n) is 8.22. The lowest BCUT2D eigenvalue weighted by atomic mass is 10.1. The molecule has 0 bridgehead atoms. The molecule has 0 saturated carbocycles. The number of aromatic nitrogens is 6. The molecule has 0 amide bonds. The van der Waals surface area contributed by atoms with Gasteiger partial charge in [-0.05, 0) is 48.4 Å². The molecule has 33 heavy (non-hydrogen) atoms. The van der Waals surface area contributed by atoms with E-state index in [0.29, 0.717) is 18.8 Å². The van der Waals surface area contributed by atoms with Crippen LogP contribution in [-0.4, -0.2) is 58.4 Å². The van der Waals surface area contributed by atoms with Crippen molar-refractivity contribution in [1.29, 1.82) is 0 Å². The third-order valence-corrected chi connectivity index (χ3v) is 5.79. The molecule has 0 spiro atoms. The molecule has 0 aliphatic carbocycles. The molecule has 10 heteroatoms. The van der Waals surface area contributed by atoms with Crippen molar-refractivity contribution < 1.29 is 9.84 Å². The second-order valence-corrected chi connectivity index (χ2v) is 8.22. The van der Waals surface area contributed by atoms with Crippen molar-refractivity contribution in [2.45, 2.75) is 19.6 Å². The van der Waals surface area contributed by atoms with Crippen LogP contribution in [0, 0.1) is 6.92 Å². The van der Waals surface area contributed by atoms with E-state index in [1.54, 1.807) is 4.52 Å². The van der Waals surface area contributed by atoms with Crippen molar-refractivity contribution in [3.63, 3.8) is 0 Å². The summed E-state index contributed by atoms with van der Waals surface area (Å²) < 4.78 is 9.59. The van der Waals surface area contributed by atoms with Crippen molar-refractivity contribution in [3.05, 3.63) is 72.6 Å². The first-order chi connectivity index (χ1) is 16.1. The molecule has 166 valence electrons. The largest absolute Gasteiger partial charge is 0.457 e. The summed E-state index contributed by atoms with van der Waals surface area (Å²) in [5, 5.41) is 21.4. The molecule has 5 aromatic rings. The summed E-state index contributed by atoms with van der Waals surface area (Å²) >= 11 is 0. The molecule has 0 atom stereocenters. The van der Waals surface area contributed by atoms with Crippen LogP contribution in [0.3, 0.4) is 0 Å². The summed E-state index contributed by atoms with van der Waals surface area (Å²) in [7, 11) is 0. The van der Waals surface area contributed by atoms with Gasteiger partial charge in [-0.2, -0.15) is 10.2 Å². The summed E-state index contributed by atoms with van der Waals surface area (Å²) in [5.74, 6) is 2.19. The number of benzene rings is 1. The standard InChI is InChI=1S/C23H22N8O2/c1-15-8-17(2-3-20(15)33-19-5-7-30-21(9-19)24-13-26-30)28-23-22-16(10-29-11-18(32)12-29)4-6-31(22)27-14-25-23/h2-9,13-14,18,32H,10-12H2,1H3,(H,25,27,28). The normalized spacial score (nSPS) is 14.6. The number of pyridine rings is 1. The van der Waals surface area contributed by atoms with E-state index in [0.717, 1.165) is 46.1 Å². The van der Waals surface area contributed by atoms with Crippen LogP contribution in [0.5, 0.6) is 11.5 Å². The van der Waals surface area contributed by atoms with Gasteiger partial charge in [0.15, 0.2) is 11.5 Å². The Hall–Kier alpha value is -4.02. The van der Waals surface area contributed by atoms with Crippen LogP contribution in [0.2, 0.25) is 0 Å². The maximum atomic E-state index is 9.59. The highest BCUT2D eigenvalue weighted by molar-refractivity contribution is 5.76. The quantitative estimate of drug-likeness (QED) is 0.414. The molecule has 6 rings (SSSR count). The lowest BCUT2D eigenvalue weighted by Crippen LogP contribution is -2.49. The number of aryl methyl sites for hydroxylation is 1. The fourth-order valence-corrected chi connectivity index (χ4v) is 4.12. The Morgan fingerprint density at radius 2 is 1.85 bits per heavy atom. The zero-order valence-electron chi connectivity index (χ0n) is 18.0. The fourth-order valence-electron chi connectivity index (χ4n) is 4.12. The number of hydrogen-bond acceptors (Lipinski definition) is 8. The minimum absolute atomic E-state index is 0.227. The van der Waals surface area contributed by atoms with E-state index >= 15 is 0 Å². The van der Waals surface area contributed by atoms with Gasteiger partial charge in [0.2, 0.25) is 0 Å². The number of nitrogens with zero attached hydrogens (tertiary/aromatic N) is 7. The maximum Gasteiger partial charge on any atom is 0.158 e. The first-order valence-corrected chi connectivity index (χ1v) is 10.7. The topological polar surface area (TPSA) is 105 Å². The Balaban J connectivity index is 1.24. The molecule has 1 aliphatic heterocycles. The molecule has 1 fully saturated rings. The lowest BCUT2D eigenvalue weighted by Gasteiger charge is -2.35. The zero-order valence-corrected chi connectivity index (χ0v) is 18.0. The van der Waals surface area contributed by atoms with Gasteiger partial charge in [-0.3, -0.25) is 4.90 Å². The smallest absolute Gasteiger partial charge is 0.158 e. The lowest BCUT2D eigenvalue weighted by molar-refractivity contribution is -0.00262. The minimum atomic E-state index is -0.227. The number of aliphatic hydroxyl groups excluding tert-OH is 1. The number of anilines is 2. The highest BCUT2D eigenvalue weighted by Crippen LogP contribution is 2.30. The van der Waals surface area contributed by atoms with E-state index in [9.17, 15) is 5.11 Å². The first-order valence-electron chi connectivity index (χ1n) is 10.7. The Morgan fingerprint density at radius 3 is 2.70 bits per heavy atom. The third kappa shape index (κ3) is 3.75. The summed E-state index contributed by atoms with van der Waals surface area (Å²) in [6.07, 6.45) is 6.58. The van der Waals surface area contributed by atoms with Crippen LogP contribution in [0.15, 0.2) is 61.4 Å². The van der Waals surface area contributed by atoms with Crippen LogP contribution >= 0.6 is 0 Å². The van der Waals surface area contributed by atoms with Gasteiger partial charge in [-0.25, -0.2) is 19.0 Å². The molecule has 5 heterocycles. The van der Waals surface area contributed by atoms with E-state index in [2.05, 4.69) is 30.4 Å². The number of ether oxygens (including phenoxy) is 1. The Morgan fingerprint density at radius 1 is 1.03 bits per heavy atom. The van der Waals surface area contributed by atoms with Gasteiger partial charge < -0.3 is 15.2 Å². The Labute approximate surface area is 189 Å². The van der Waals surface area contributed by atoms with Gasteiger partial charge in [0.05, 0.1) is 6.10 Å². The van der Waals surface area contributed by atoms with Gasteiger partial charge in [0.25, 0.3) is 0 Å². The molecule has 2 N–H and O–H groups in total. The highest BCUT2D eigenvalue weighted by atomic mass is 16.5. The minimum Gasteiger partial charge on any atom is -0.457 e. The molecule has 1 aromatic carbocycles. The molecule has 4 aromatic heterocycles. The maximum absolute atomic E-state index is 9.59. The van der Waals surface area contributed by atoms with Gasteiger partial charge in [0.1, 0.15) is 29.7 Å². The summed E-state index contributed by atoms with van der Waals surface area (Å²) in [6.45, 7) is 4.14. The van der Waals surface area contributed by atoms with Crippen LogP contribution in [-0.2, 0) is 6.54 Å². The average molecular weight is 442 g/mol. The van der Waals surface area contributed by atoms with E-state index < -0.39 is 0 Å². The van der Waals surface area contributed by atoms with E-state index in [1.165, 1.54) is 12.7 Å². The van der Waals surface area contributed by atoms with Crippen LogP contribution in [0.1, 0.15) is 11.1 Å². The molecule has 0 radical (unpaired) electrons. The first kappa shape index (κ1) is 19.6. The van der Waals surface area contributed by atoms with Crippen LogP contribution in [0.4, 0.5) is 11.5 Å². The predicted octanol–water partition coefficient (Wildman–Crippen LogP) is 2.79. The average Bonchev–Trinajstić information content (AvgIpc) is 3.42. The highest BCUT2D eigenvalue weighted by Gasteiger charge is 2.25. The third-order valence-electron chi connectivity index (χ3n) is 5.79. The van der Waals surface area contributed by atoms with Crippen LogP contribution < -0.4 is 10.1 Å². The van der Waals surface area contributed by atoms with Gasteiger partial charge in [-0.1, -0.05) is 0 Å². The number of hydrogen-bond donors (Lipinski definition) is 2. The van der Waals surface area contributed by atoms with Crippen molar-refractivity contribution >= 4 is 22.7 Å². The van der Waals surface area contributed by atoms with Crippen molar-refractivity contribution in [3.8, 4) is 11.5 Å². The monoisotopic (exact) mass is 442 g/mol. The number of β-amino-alcohol motifs (C(OH)–C–C–N with tert-alkyl or cyclic N) is 1. The summed E-state index contributed by atoms with van der Waals surface area (Å²) in [5.41, 5.74) is 4.66. The van der Waals surface area contributed by atoms with Crippen LogP contribution in [0.25, 0.3) is 11.2 Å². The second kappa shape index (κ2) is 7.84. The number of fused-ring (bicyclic) bond motifs is 2. The van der Waals surface area contributed by atoms with Gasteiger partial charge in [-0.15, -0.1) is 0 Å². The Bertz CT molecular complexity index is 1450. The van der Waals surface area contributed by atoms with Crippen molar-refractivity contribution in [1.82, 2.24) is 34.1 Å². The molecule has 10 nitrogen and oxygen atoms in total. The number of nitrogens with one attached hydrogen (secondary N) is 1. The molecule has 0 unspecified atom stereocenters. The van der Waals surface area contributed by atoms with Gasteiger partial charge >= 0.3 is 0 Å². The number of rotatable bonds is 6. The Kier molecular flexibility index (Phi) is 4.67. The molecule has 1 aliphatic rings. The van der Waals surface area contributed by atoms with E-state index in [-0.39, 0.29) is 6.10 Å². The van der Waals surface area contributed by atoms with E-state index in [4.69, 9.17) is 4.74 Å². The molecule has 1 saturated heterocycles.